The molecule has 1 aliphatic rings. The molecular formula is C14H23N3O3S. The molecule has 1 aromatic rings. The molecule has 2 N–H and O–H groups in total. The fourth-order valence-corrected chi connectivity index (χ4v) is 3.82. The number of hydrogen-bond donors (Lipinski definition) is 2. The molecule has 2 atom stereocenters. The molecule has 0 aliphatic carbocycles. The third-order valence-electron chi connectivity index (χ3n) is 3.73. The van der Waals surface area contributed by atoms with E-state index in [-0.39, 0.29) is 16.9 Å². The Morgan fingerprint density at radius 1 is 1.43 bits per heavy atom. The van der Waals surface area contributed by atoms with Gasteiger partial charge in [0.1, 0.15) is 4.90 Å². The summed E-state index contributed by atoms with van der Waals surface area (Å²) in [6, 6.07) is 1.67. The first-order valence-corrected chi connectivity index (χ1v) is 8.86. The average Bonchev–Trinajstić information content (AvgIpc) is 2.93. The van der Waals surface area contributed by atoms with Crippen LogP contribution in [0.15, 0.2) is 23.4 Å². The van der Waals surface area contributed by atoms with Crippen LogP contribution in [-0.4, -0.2) is 39.2 Å². The van der Waals surface area contributed by atoms with Gasteiger partial charge in [0.2, 0.25) is 10.0 Å². The fourth-order valence-electron chi connectivity index (χ4n) is 2.60. The highest BCUT2D eigenvalue weighted by Gasteiger charge is 2.28. The van der Waals surface area contributed by atoms with E-state index < -0.39 is 10.0 Å². The monoisotopic (exact) mass is 313 g/mol. The van der Waals surface area contributed by atoms with E-state index in [0.29, 0.717) is 25.4 Å². The molecule has 21 heavy (non-hydrogen) atoms. The second-order valence-corrected chi connectivity index (χ2v) is 6.86. The van der Waals surface area contributed by atoms with Gasteiger partial charge in [-0.25, -0.2) is 13.1 Å². The minimum Gasteiger partial charge on any atom is -0.384 e. The smallest absolute Gasteiger partial charge is 0.244 e. The zero-order chi connectivity index (χ0) is 15.3. The predicted molar refractivity (Wildman–Crippen MR) is 81.7 cm³/mol. The molecule has 2 unspecified atom stereocenters. The quantitative estimate of drug-likeness (QED) is 0.799. The van der Waals surface area contributed by atoms with Gasteiger partial charge in [-0.2, -0.15) is 0 Å². The Labute approximate surface area is 126 Å². The second-order valence-electron chi connectivity index (χ2n) is 5.12. The van der Waals surface area contributed by atoms with Gasteiger partial charge in [-0.1, -0.05) is 6.92 Å². The largest absolute Gasteiger partial charge is 0.384 e. The number of sulfonamides is 1. The predicted octanol–water partition coefficient (Wildman–Crippen LogP) is 1.61. The van der Waals surface area contributed by atoms with Gasteiger partial charge < -0.3 is 10.1 Å². The SMILES string of the molecule is CCNc1ccncc1S(=O)(=O)NCC1CCOC1CC. The van der Waals surface area contributed by atoms with Crippen LogP contribution < -0.4 is 10.0 Å². The van der Waals surface area contributed by atoms with Crippen molar-refractivity contribution in [3.8, 4) is 0 Å². The van der Waals surface area contributed by atoms with Crippen LogP contribution in [0.1, 0.15) is 26.7 Å². The van der Waals surface area contributed by atoms with Crippen molar-refractivity contribution < 1.29 is 13.2 Å². The molecule has 0 spiro atoms. The Kier molecular flexibility index (Phi) is 5.55. The molecular weight excluding hydrogens is 290 g/mol. The van der Waals surface area contributed by atoms with Crippen LogP contribution in [0.3, 0.4) is 0 Å². The van der Waals surface area contributed by atoms with Gasteiger partial charge in [-0.05, 0) is 25.8 Å². The van der Waals surface area contributed by atoms with Gasteiger partial charge in [0.15, 0.2) is 0 Å². The van der Waals surface area contributed by atoms with Crippen molar-refractivity contribution >= 4 is 15.7 Å². The topological polar surface area (TPSA) is 80.3 Å². The number of nitrogens with one attached hydrogen (secondary N) is 2. The first-order chi connectivity index (χ1) is 10.1. The van der Waals surface area contributed by atoms with Crippen molar-refractivity contribution in [3.05, 3.63) is 18.5 Å². The highest BCUT2D eigenvalue weighted by atomic mass is 32.2. The standard InChI is InChI=1S/C14H23N3O3S/c1-3-13-11(6-8-20-13)9-17-21(18,19)14-10-15-7-5-12(14)16-4-2/h5,7,10-11,13,17H,3-4,6,8-9H2,1-2H3,(H,15,16). The number of hydrogen-bond acceptors (Lipinski definition) is 5. The summed E-state index contributed by atoms with van der Waals surface area (Å²) >= 11 is 0. The third-order valence-corrected chi connectivity index (χ3v) is 5.18. The van der Waals surface area contributed by atoms with Crippen molar-refractivity contribution in [2.75, 3.05) is 25.0 Å². The molecule has 2 heterocycles. The minimum absolute atomic E-state index is 0.148. The molecule has 1 aliphatic heterocycles. The van der Waals surface area contributed by atoms with E-state index in [1.54, 1.807) is 12.3 Å². The van der Waals surface area contributed by atoms with Gasteiger partial charge in [-0.3, -0.25) is 4.98 Å². The molecule has 0 radical (unpaired) electrons. The lowest BCUT2D eigenvalue weighted by molar-refractivity contribution is 0.0884. The molecule has 6 nitrogen and oxygen atoms in total. The Hall–Kier alpha value is -1.18. The lowest BCUT2D eigenvalue weighted by Gasteiger charge is -2.18. The zero-order valence-corrected chi connectivity index (χ0v) is 13.3. The van der Waals surface area contributed by atoms with Crippen LogP contribution in [0.25, 0.3) is 0 Å². The minimum atomic E-state index is -3.56. The maximum absolute atomic E-state index is 12.4. The van der Waals surface area contributed by atoms with Gasteiger partial charge in [0.25, 0.3) is 0 Å². The molecule has 1 fully saturated rings. The summed E-state index contributed by atoms with van der Waals surface area (Å²) in [4.78, 5) is 4.11. The highest BCUT2D eigenvalue weighted by Crippen LogP contribution is 2.24. The number of nitrogens with zero attached hydrogens (tertiary/aromatic N) is 1. The summed E-state index contributed by atoms with van der Waals surface area (Å²) in [5, 5.41) is 3.05. The van der Waals surface area contributed by atoms with Crippen molar-refractivity contribution in [2.45, 2.75) is 37.7 Å². The van der Waals surface area contributed by atoms with Gasteiger partial charge >= 0.3 is 0 Å². The van der Waals surface area contributed by atoms with E-state index in [0.717, 1.165) is 12.8 Å². The zero-order valence-electron chi connectivity index (χ0n) is 12.5. The first-order valence-electron chi connectivity index (χ1n) is 7.37. The number of ether oxygens (including phenoxy) is 1. The number of pyridine rings is 1. The molecule has 118 valence electrons. The van der Waals surface area contributed by atoms with Crippen LogP contribution in [0.2, 0.25) is 0 Å². The fraction of sp³-hybridized carbons (Fsp3) is 0.643. The van der Waals surface area contributed by atoms with E-state index in [2.05, 4.69) is 21.9 Å². The highest BCUT2D eigenvalue weighted by molar-refractivity contribution is 7.89. The van der Waals surface area contributed by atoms with Crippen LogP contribution in [-0.2, 0) is 14.8 Å². The molecule has 0 amide bonds. The third kappa shape index (κ3) is 3.93. The van der Waals surface area contributed by atoms with E-state index in [1.807, 2.05) is 6.92 Å². The molecule has 2 rings (SSSR count). The maximum atomic E-state index is 12.4. The van der Waals surface area contributed by atoms with E-state index >= 15 is 0 Å². The Balaban J connectivity index is 2.08. The molecule has 7 heteroatoms. The number of anilines is 1. The summed E-state index contributed by atoms with van der Waals surface area (Å²) in [5.74, 6) is 0.240. The van der Waals surface area contributed by atoms with E-state index in [4.69, 9.17) is 4.74 Å². The van der Waals surface area contributed by atoms with Gasteiger partial charge in [-0.15, -0.1) is 0 Å². The van der Waals surface area contributed by atoms with E-state index in [9.17, 15) is 8.42 Å². The second kappa shape index (κ2) is 7.20. The summed E-state index contributed by atoms with van der Waals surface area (Å²) in [5.41, 5.74) is 0.578. The Bertz CT molecular complexity index is 562. The summed E-state index contributed by atoms with van der Waals surface area (Å²) in [7, 11) is -3.56. The number of rotatable bonds is 7. The molecule has 1 aromatic heterocycles. The van der Waals surface area contributed by atoms with Gasteiger partial charge in [0.05, 0.1) is 11.8 Å². The van der Waals surface area contributed by atoms with Crippen molar-refractivity contribution in [1.29, 1.82) is 0 Å². The summed E-state index contributed by atoms with van der Waals surface area (Å²) in [6.45, 7) is 5.75. The summed E-state index contributed by atoms with van der Waals surface area (Å²) in [6.07, 6.45) is 4.91. The first kappa shape index (κ1) is 16.2. The van der Waals surface area contributed by atoms with Crippen LogP contribution in [0.5, 0.6) is 0 Å². The molecule has 0 saturated carbocycles. The van der Waals surface area contributed by atoms with Crippen molar-refractivity contribution in [2.24, 2.45) is 5.92 Å². The lowest BCUT2D eigenvalue weighted by atomic mass is 10.0. The van der Waals surface area contributed by atoms with Gasteiger partial charge in [0, 0.05) is 38.0 Å². The van der Waals surface area contributed by atoms with E-state index in [1.165, 1.54) is 6.20 Å². The van der Waals surface area contributed by atoms with Crippen LogP contribution in [0.4, 0.5) is 5.69 Å². The van der Waals surface area contributed by atoms with Crippen molar-refractivity contribution in [1.82, 2.24) is 9.71 Å². The molecule has 0 bridgehead atoms. The molecule has 1 saturated heterocycles. The lowest BCUT2D eigenvalue weighted by Crippen LogP contribution is -2.33. The van der Waals surface area contributed by atoms with Crippen molar-refractivity contribution in [3.63, 3.8) is 0 Å². The van der Waals surface area contributed by atoms with Crippen LogP contribution in [0, 0.1) is 5.92 Å². The van der Waals surface area contributed by atoms with Crippen LogP contribution >= 0.6 is 0 Å². The maximum Gasteiger partial charge on any atom is 0.244 e. The Morgan fingerprint density at radius 2 is 2.24 bits per heavy atom. The Morgan fingerprint density at radius 3 is 2.95 bits per heavy atom. The normalized spacial score (nSPS) is 22.4. The summed E-state index contributed by atoms with van der Waals surface area (Å²) < 4.78 is 33.2. The molecule has 0 aromatic carbocycles. The average molecular weight is 313 g/mol. The number of aromatic nitrogens is 1.